The topological polar surface area (TPSA) is 139 Å². The number of rotatable bonds is 8. The van der Waals surface area contributed by atoms with Crippen LogP contribution in [0.2, 0.25) is 0 Å². The van der Waals surface area contributed by atoms with E-state index in [0.717, 1.165) is 6.07 Å². The lowest BCUT2D eigenvalue weighted by molar-refractivity contribution is 0.0906. The first-order valence-electron chi connectivity index (χ1n) is 11.6. The molecule has 0 aromatic heterocycles. The van der Waals surface area contributed by atoms with E-state index in [1.807, 2.05) is 0 Å². The maximum atomic E-state index is 13.9. The summed E-state index contributed by atoms with van der Waals surface area (Å²) in [5.74, 6) is -3.15. The number of aromatic hydroxyl groups is 2. The predicted octanol–water partition coefficient (Wildman–Crippen LogP) is 4.74. The van der Waals surface area contributed by atoms with Crippen LogP contribution in [-0.2, 0) is 18.9 Å². The summed E-state index contributed by atoms with van der Waals surface area (Å²) in [6.45, 7) is 4.92. The van der Waals surface area contributed by atoms with E-state index < -0.39 is 36.1 Å². The Hall–Kier alpha value is -3.78. The molecule has 0 bridgehead atoms. The highest BCUT2D eigenvalue weighted by atomic mass is 31.2. The summed E-state index contributed by atoms with van der Waals surface area (Å²) in [6.07, 6.45) is 0. The van der Waals surface area contributed by atoms with Crippen molar-refractivity contribution in [2.75, 3.05) is 13.2 Å². The van der Waals surface area contributed by atoms with Crippen molar-refractivity contribution >= 4 is 25.1 Å². The fourth-order valence-electron chi connectivity index (χ4n) is 4.40. The van der Waals surface area contributed by atoms with Crippen molar-refractivity contribution in [3.05, 3.63) is 94.0 Å². The molecule has 1 atom stereocenters. The van der Waals surface area contributed by atoms with Gasteiger partial charge in [-0.15, -0.1) is 0 Å². The van der Waals surface area contributed by atoms with E-state index >= 15 is 0 Å². The number of hydrogen-bond donors (Lipinski definition) is 3. The van der Waals surface area contributed by atoms with Crippen molar-refractivity contribution in [1.82, 2.24) is 5.32 Å². The van der Waals surface area contributed by atoms with Gasteiger partial charge in [-0.1, -0.05) is 42.5 Å². The highest BCUT2D eigenvalue weighted by Gasteiger charge is 2.50. The molecular weight excluding hydrogens is 497 g/mol. The lowest BCUT2D eigenvalue weighted by Gasteiger charge is -2.37. The molecule has 3 aromatic carbocycles. The first-order chi connectivity index (χ1) is 17.6. The summed E-state index contributed by atoms with van der Waals surface area (Å²) in [6, 6.07) is 14.8. The van der Waals surface area contributed by atoms with Gasteiger partial charge in [-0.2, -0.15) is 0 Å². The molecule has 9 nitrogen and oxygen atoms in total. The number of fused-ring (bicyclic) bond motifs is 2. The van der Waals surface area contributed by atoms with Crippen LogP contribution < -0.4 is 5.32 Å². The molecule has 0 spiro atoms. The zero-order valence-corrected chi connectivity index (χ0v) is 21.4. The molecule has 0 aliphatic heterocycles. The summed E-state index contributed by atoms with van der Waals surface area (Å²) < 4.78 is 25.1. The molecule has 1 aliphatic carbocycles. The van der Waals surface area contributed by atoms with Crippen LogP contribution in [0.4, 0.5) is 0 Å². The van der Waals surface area contributed by atoms with Gasteiger partial charge in [-0.3, -0.25) is 18.9 Å². The van der Waals surface area contributed by atoms with Crippen LogP contribution in [0.1, 0.15) is 68.5 Å². The molecule has 1 aliphatic rings. The van der Waals surface area contributed by atoms with Crippen molar-refractivity contribution < 1.29 is 38.2 Å². The summed E-state index contributed by atoms with van der Waals surface area (Å²) in [4.78, 5) is 39.7. The second-order valence-electron chi connectivity index (χ2n) is 8.50. The fraction of sp³-hybridized carbons (Fsp3) is 0.222. The van der Waals surface area contributed by atoms with E-state index in [9.17, 15) is 29.2 Å². The number of phenols is 2. The number of benzene rings is 3. The van der Waals surface area contributed by atoms with Gasteiger partial charge in [0, 0.05) is 16.7 Å². The molecule has 192 valence electrons. The smallest absolute Gasteiger partial charge is 0.360 e. The van der Waals surface area contributed by atoms with Crippen molar-refractivity contribution in [3.63, 3.8) is 0 Å². The molecule has 4 rings (SSSR count). The Morgan fingerprint density at radius 1 is 0.865 bits per heavy atom. The SMILES string of the molecule is CCOP(=O)(OCC)C(C)(NC(=O)c1cc(O)c2c(c1)C(=O)c1cccc(O)c1C2=O)c1ccccc1. The summed E-state index contributed by atoms with van der Waals surface area (Å²) in [7, 11) is -3.99. The van der Waals surface area contributed by atoms with Crippen LogP contribution in [0, 0.1) is 0 Å². The van der Waals surface area contributed by atoms with Crippen molar-refractivity contribution in [3.8, 4) is 11.5 Å². The quantitative estimate of drug-likeness (QED) is 0.282. The fourth-order valence-corrected chi connectivity index (χ4v) is 6.38. The van der Waals surface area contributed by atoms with Crippen molar-refractivity contribution in [1.29, 1.82) is 0 Å². The molecule has 0 radical (unpaired) electrons. The minimum absolute atomic E-state index is 0.0409. The van der Waals surface area contributed by atoms with E-state index in [1.165, 1.54) is 31.2 Å². The molecule has 1 amide bonds. The van der Waals surface area contributed by atoms with Crippen molar-refractivity contribution in [2.24, 2.45) is 0 Å². The molecule has 3 N–H and O–H groups in total. The molecule has 0 heterocycles. The van der Waals surface area contributed by atoms with Gasteiger partial charge in [-0.05, 0) is 44.5 Å². The highest BCUT2D eigenvalue weighted by molar-refractivity contribution is 7.55. The van der Waals surface area contributed by atoms with Gasteiger partial charge in [0.05, 0.1) is 24.3 Å². The molecule has 37 heavy (non-hydrogen) atoms. The molecule has 0 saturated heterocycles. The number of phenolic OH excluding ortho intramolecular Hbond substituents is 2. The first-order valence-corrected chi connectivity index (χ1v) is 13.2. The van der Waals surface area contributed by atoms with Gasteiger partial charge < -0.3 is 24.6 Å². The predicted molar refractivity (Wildman–Crippen MR) is 135 cm³/mol. The molecule has 10 heteroatoms. The third kappa shape index (κ3) is 4.35. The lowest BCUT2D eigenvalue weighted by Crippen LogP contribution is -2.44. The Bertz CT molecular complexity index is 1440. The average molecular weight is 523 g/mol. The minimum Gasteiger partial charge on any atom is -0.507 e. The third-order valence-electron chi connectivity index (χ3n) is 6.20. The van der Waals surface area contributed by atoms with Crippen LogP contribution in [0.25, 0.3) is 0 Å². The Kier molecular flexibility index (Phi) is 7.06. The third-order valence-corrected chi connectivity index (χ3v) is 8.87. The molecule has 1 unspecified atom stereocenters. The molecule has 3 aromatic rings. The molecule has 0 fully saturated rings. The molecule has 0 saturated carbocycles. The van der Waals surface area contributed by atoms with Gasteiger partial charge in [0.25, 0.3) is 5.91 Å². The second-order valence-corrected chi connectivity index (χ2v) is 10.9. The maximum Gasteiger partial charge on any atom is 0.360 e. The molecular formula is C27H26NO8P. The summed E-state index contributed by atoms with van der Waals surface area (Å²) >= 11 is 0. The second kappa shape index (κ2) is 9.94. The Morgan fingerprint density at radius 2 is 1.49 bits per heavy atom. The maximum absolute atomic E-state index is 13.9. The number of carbonyl (C=O) groups excluding carboxylic acids is 3. The van der Waals surface area contributed by atoms with Crippen molar-refractivity contribution in [2.45, 2.75) is 26.1 Å². The Morgan fingerprint density at radius 3 is 2.11 bits per heavy atom. The van der Waals surface area contributed by atoms with E-state index in [0.29, 0.717) is 5.56 Å². The monoisotopic (exact) mass is 523 g/mol. The van der Waals surface area contributed by atoms with Gasteiger partial charge >= 0.3 is 7.60 Å². The zero-order chi connectivity index (χ0) is 27.0. The Labute approximate surface area is 213 Å². The van der Waals surface area contributed by atoms with Gasteiger partial charge in [0.2, 0.25) is 5.78 Å². The lowest BCUT2D eigenvalue weighted by atomic mass is 9.82. The van der Waals surface area contributed by atoms with E-state index in [2.05, 4.69) is 5.32 Å². The first kappa shape index (κ1) is 26.3. The standard InChI is InChI=1S/C27H26NO8P/c1-4-35-37(34,36-5-2)27(3,17-10-7-6-8-11-17)28-26(33)16-14-19-23(21(30)15-16)25(32)22-18(24(19)31)12-9-13-20(22)29/h6-15,29-30H,4-5H2,1-3H3,(H,28,33). The average Bonchev–Trinajstić information content (AvgIpc) is 2.87. The Balaban J connectivity index is 1.80. The summed E-state index contributed by atoms with van der Waals surface area (Å²) in [5.41, 5.74) is -0.448. The van der Waals surface area contributed by atoms with Crippen LogP contribution in [0.15, 0.2) is 60.7 Å². The number of nitrogens with one attached hydrogen (secondary N) is 1. The van der Waals surface area contributed by atoms with Gasteiger partial charge in [0.1, 0.15) is 11.5 Å². The van der Waals surface area contributed by atoms with E-state index in [1.54, 1.807) is 44.2 Å². The van der Waals surface area contributed by atoms with E-state index in [-0.39, 0.29) is 46.8 Å². The number of carbonyl (C=O) groups is 3. The van der Waals surface area contributed by atoms with Crippen LogP contribution >= 0.6 is 7.60 Å². The van der Waals surface area contributed by atoms with Crippen LogP contribution in [0.3, 0.4) is 0 Å². The number of hydrogen-bond acceptors (Lipinski definition) is 8. The van der Waals surface area contributed by atoms with E-state index in [4.69, 9.17) is 9.05 Å². The van der Waals surface area contributed by atoms with Crippen LogP contribution in [-0.4, -0.2) is 40.9 Å². The largest absolute Gasteiger partial charge is 0.507 e. The number of amides is 1. The van der Waals surface area contributed by atoms with Gasteiger partial charge in [-0.25, -0.2) is 0 Å². The number of ketones is 2. The van der Waals surface area contributed by atoms with Gasteiger partial charge in [0.15, 0.2) is 11.1 Å². The minimum atomic E-state index is -3.99. The normalized spacial score (nSPS) is 14.5. The highest BCUT2D eigenvalue weighted by Crippen LogP contribution is 2.63. The zero-order valence-electron chi connectivity index (χ0n) is 20.5. The van der Waals surface area contributed by atoms with Crippen LogP contribution in [0.5, 0.6) is 11.5 Å². The summed E-state index contributed by atoms with van der Waals surface area (Å²) in [5, 5.41) is 21.9.